The summed E-state index contributed by atoms with van der Waals surface area (Å²) in [5.74, 6) is -0.309. The van der Waals surface area contributed by atoms with Crippen LogP contribution >= 0.6 is 0 Å². The zero-order valence-corrected chi connectivity index (χ0v) is 14.2. The minimum absolute atomic E-state index is 0.000541. The van der Waals surface area contributed by atoms with E-state index in [0.29, 0.717) is 25.2 Å². The molecule has 2 heterocycles. The summed E-state index contributed by atoms with van der Waals surface area (Å²) in [5.41, 5.74) is 1.53. The van der Waals surface area contributed by atoms with Crippen LogP contribution in [0.2, 0.25) is 0 Å². The Labute approximate surface area is 145 Å². The Hall–Kier alpha value is -2.57. The number of halogens is 1. The molecule has 0 aliphatic carbocycles. The molecule has 6 nitrogen and oxygen atoms in total. The number of carbonyl (C=O) groups is 2. The number of nitrogens with zero attached hydrogens (tertiary/aromatic N) is 1. The molecule has 1 atom stereocenters. The number of nitrogens with one attached hydrogen (secondary N) is 2. The normalized spacial score (nSPS) is 17.5. The summed E-state index contributed by atoms with van der Waals surface area (Å²) >= 11 is 0. The van der Waals surface area contributed by atoms with Crippen LogP contribution in [-0.4, -0.2) is 47.6 Å². The van der Waals surface area contributed by atoms with E-state index in [9.17, 15) is 14.0 Å². The van der Waals surface area contributed by atoms with Gasteiger partial charge < -0.3 is 19.9 Å². The zero-order chi connectivity index (χ0) is 17.8. The van der Waals surface area contributed by atoms with Gasteiger partial charge in [0.1, 0.15) is 5.82 Å². The van der Waals surface area contributed by atoms with Gasteiger partial charge in [0.25, 0.3) is 0 Å². The molecule has 2 N–H and O–H groups in total. The molecule has 0 saturated carbocycles. The van der Waals surface area contributed by atoms with Gasteiger partial charge in [-0.05, 0) is 43.5 Å². The number of aromatic amines is 1. The van der Waals surface area contributed by atoms with Crippen LogP contribution in [0, 0.1) is 5.82 Å². The van der Waals surface area contributed by atoms with Crippen LogP contribution < -0.4 is 5.32 Å². The summed E-state index contributed by atoms with van der Waals surface area (Å²) in [4.78, 5) is 28.9. The number of H-pyrrole nitrogens is 1. The number of piperidine rings is 1. The SMILES string of the molecule is CCOC(=O)N[C@@H]1CCCN(C(=O)Cc2c[nH]c3cc(F)ccc23)C1. The van der Waals surface area contributed by atoms with Crippen molar-refractivity contribution in [2.45, 2.75) is 32.2 Å². The number of hydrogen-bond acceptors (Lipinski definition) is 3. The third kappa shape index (κ3) is 4.10. The number of hydrogen-bond donors (Lipinski definition) is 2. The zero-order valence-electron chi connectivity index (χ0n) is 14.2. The van der Waals surface area contributed by atoms with Crippen LogP contribution in [0.5, 0.6) is 0 Å². The van der Waals surface area contributed by atoms with Gasteiger partial charge in [-0.2, -0.15) is 0 Å². The fraction of sp³-hybridized carbons (Fsp3) is 0.444. The maximum atomic E-state index is 13.3. The van der Waals surface area contributed by atoms with E-state index in [1.54, 1.807) is 24.1 Å². The fourth-order valence-electron chi connectivity index (χ4n) is 3.24. The van der Waals surface area contributed by atoms with Gasteiger partial charge in [-0.3, -0.25) is 4.79 Å². The molecule has 1 saturated heterocycles. The highest BCUT2D eigenvalue weighted by molar-refractivity contribution is 5.89. The van der Waals surface area contributed by atoms with E-state index in [0.717, 1.165) is 23.8 Å². The maximum absolute atomic E-state index is 13.3. The average Bonchev–Trinajstić information content (AvgIpc) is 2.97. The summed E-state index contributed by atoms with van der Waals surface area (Å²) in [6, 6.07) is 4.41. The third-order valence-electron chi connectivity index (χ3n) is 4.44. The molecule has 1 fully saturated rings. The predicted octanol–water partition coefficient (Wildman–Crippen LogP) is 2.59. The Morgan fingerprint density at radius 2 is 2.28 bits per heavy atom. The lowest BCUT2D eigenvalue weighted by Gasteiger charge is -2.33. The molecule has 25 heavy (non-hydrogen) atoms. The van der Waals surface area contributed by atoms with E-state index >= 15 is 0 Å². The lowest BCUT2D eigenvalue weighted by atomic mass is 10.0. The van der Waals surface area contributed by atoms with Crippen molar-refractivity contribution in [3.63, 3.8) is 0 Å². The summed E-state index contributed by atoms with van der Waals surface area (Å²) in [5, 5.41) is 3.65. The van der Waals surface area contributed by atoms with E-state index in [-0.39, 0.29) is 24.2 Å². The summed E-state index contributed by atoms with van der Waals surface area (Å²) in [7, 11) is 0. The standard InChI is InChI=1S/C18H22FN3O3/c1-2-25-18(24)21-14-4-3-7-22(11-14)17(23)8-12-10-20-16-9-13(19)5-6-15(12)16/h5-6,9-10,14,20H,2-4,7-8,11H2,1H3,(H,21,24)/t14-/m1/s1. The molecule has 2 aromatic rings. The molecule has 0 bridgehead atoms. The van der Waals surface area contributed by atoms with Crippen molar-refractivity contribution in [2.75, 3.05) is 19.7 Å². The highest BCUT2D eigenvalue weighted by atomic mass is 19.1. The number of fused-ring (bicyclic) bond motifs is 1. The molecule has 0 unspecified atom stereocenters. The van der Waals surface area contributed by atoms with Gasteiger partial charge in [0.15, 0.2) is 0 Å². The number of carbonyl (C=O) groups excluding carboxylic acids is 2. The van der Waals surface area contributed by atoms with Gasteiger partial charge in [0.2, 0.25) is 5.91 Å². The van der Waals surface area contributed by atoms with Crippen LogP contribution in [0.25, 0.3) is 10.9 Å². The van der Waals surface area contributed by atoms with Crippen molar-refractivity contribution in [2.24, 2.45) is 0 Å². The lowest BCUT2D eigenvalue weighted by Crippen LogP contribution is -2.50. The van der Waals surface area contributed by atoms with Crippen LogP contribution in [0.3, 0.4) is 0 Å². The number of rotatable bonds is 4. The molecule has 134 valence electrons. The van der Waals surface area contributed by atoms with Crippen molar-refractivity contribution >= 4 is 22.9 Å². The van der Waals surface area contributed by atoms with Gasteiger partial charge in [-0.1, -0.05) is 0 Å². The first-order valence-electron chi connectivity index (χ1n) is 8.53. The molecule has 0 radical (unpaired) electrons. The Kier molecular flexibility index (Phi) is 5.21. The molecular weight excluding hydrogens is 325 g/mol. The summed E-state index contributed by atoms with van der Waals surface area (Å²) in [6.45, 7) is 3.23. The number of alkyl carbamates (subject to hydrolysis) is 1. The van der Waals surface area contributed by atoms with Crippen molar-refractivity contribution < 1.29 is 18.7 Å². The first-order chi connectivity index (χ1) is 12.1. The predicted molar refractivity (Wildman–Crippen MR) is 91.7 cm³/mol. The molecule has 0 spiro atoms. The Morgan fingerprint density at radius 3 is 3.08 bits per heavy atom. The Bertz CT molecular complexity index is 774. The smallest absolute Gasteiger partial charge is 0.407 e. The highest BCUT2D eigenvalue weighted by Crippen LogP contribution is 2.21. The van der Waals surface area contributed by atoms with E-state index < -0.39 is 6.09 Å². The molecule has 2 amide bonds. The first kappa shape index (κ1) is 17.3. The summed E-state index contributed by atoms with van der Waals surface area (Å²) in [6.07, 6.45) is 3.22. The average molecular weight is 347 g/mol. The topological polar surface area (TPSA) is 74.4 Å². The van der Waals surface area contributed by atoms with Crippen LogP contribution in [0.1, 0.15) is 25.3 Å². The molecular formula is C18H22FN3O3. The Morgan fingerprint density at radius 1 is 1.44 bits per heavy atom. The van der Waals surface area contributed by atoms with Gasteiger partial charge >= 0.3 is 6.09 Å². The number of ether oxygens (including phenoxy) is 1. The largest absolute Gasteiger partial charge is 0.450 e. The van der Waals surface area contributed by atoms with Gasteiger partial charge in [-0.15, -0.1) is 0 Å². The minimum Gasteiger partial charge on any atom is -0.450 e. The van der Waals surface area contributed by atoms with Gasteiger partial charge in [0, 0.05) is 36.2 Å². The molecule has 1 aromatic carbocycles. The monoisotopic (exact) mass is 347 g/mol. The first-order valence-corrected chi connectivity index (χ1v) is 8.53. The fourth-order valence-corrected chi connectivity index (χ4v) is 3.24. The van der Waals surface area contributed by atoms with E-state index in [1.165, 1.54) is 12.1 Å². The van der Waals surface area contributed by atoms with Crippen molar-refractivity contribution in [1.29, 1.82) is 0 Å². The minimum atomic E-state index is -0.444. The second-order valence-corrected chi connectivity index (χ2v) is 6.22. The second kappa shape index (κ2) is 7.55. The number of amides is 2. The Balaban J connectivity index is 1.63. The molecule has 1 aliphatic rings. The van der Waals surface area contributed by atoms with Crippen molar-refractivity contribution in [1.82, 2.24) is 15.2 Å². The molecule has 1 aromatic heterocycles. The van der Waals surface area contributed by atoms with E-state index in [4.69, 9.17) is 4.74 Å². The maximum Gasteiger partial charge on any atom is 0.407 e. The van der Waals surface area contributed by atoms with E-state index in [1.807, 2.05) is 0 Å². The molecule has 1 aliphatic heterocycles. The lowest BCUT2D eigenvalue weighted by molar-refractivity contribution is -0.131. The molecule has 7 heteroatoms. The van der Waals surface area contributed by atoms with Crippen molar-refractivity contribution in [3.8, 4) is 0 Å². The second-order valence-electron chi connectivity index (χ2n) is 6.22. The summed E-state index contributed by atoms with van der Waals surface area (Å²) < 4.78 is 18.2. The van der Waals surface area contributed by atoms with Gasteiger partial charge in [-0.25, -0.2) is 9.18 Å². The van der Waals surface area contributed by atoms with Crippen LogP contribution in [0.15, 0.2) is 24.4 Å². The number of likely N-dealkylation sites (tertiary alicyclic amines) is 1. The number of aromatic nitrogens is 1. The van der Waals surface area contributed by atoms with Crippen molar-refractivity contribution in [3.05, 3.63) is 35.8 Å². The van der Waals surface area contributed by atoms with Crippen LogP contribution in [-0.2, 0) is 16.0 Å². The quantitative estimate of drug-likeness (QED) is 0.893. The number of benzene rings is 1. The third-order valence-corrected chi connectivity index (χ3v) is 4.44. The highest BCUT2D eigenvalue weighted by Gasteiger charge is 2.25. The molecule has 3 rings (SSSR count). The van der Waals surface area contributed by atoms with E-state index in [2.05, 4.69) is 10.3 Å². The van der Waals surface area contributed by atoms with Gasteiger partial charge in [0.05, 0.1) is 13.0 Å². The van der Waals surface area contributed by atoms with Crippen LogP contribution in [0.4, 0.5) is 9.18 Å².